The van der Waals surface area contributed by atoms with Crippen LogP contribution in [0, 0.1) is 0 Å². The zero-order valence-corrected chi connectivity index (χ0v) is 18.2. The second-order valence-electron chi connectivity index (χ2n) is 7.91. The minimum Gasteiger partial charge on any atom is -0.493 e. The Bertz CT molecular complexity index is 1360. The lowest BCUT2D eigenvalue weighted by atomic mass is 9.84. The molecule has 0 spiro atoms. The average Bonchev–Trinajstić information content (AvgIpc) is 3.35. The maximum atomic E-state index is 6.62. The van der Waals surface area contributed by atoms with Crippen LogP contribution in [0.5, 0.6) is 17.2 Å². The van der Waals surface area contributed by atoms with Crippen LogP contribution in [0.15, 0.2) is 84.7 Å². The van der Waals surface area contributed by atoms with Crippen molar-refractivity contribution in [3.8, 4) is 17.2 Å². The molecule has 7 nitrogen and oxygen atoms in total. The SMILES string of the molecule is COc1ccc([C@@H]2C3=C(Nc4ncnn42)c2ccccc2O[C@H]3c2ccccc2)cc1OC. The number of methoxy groups -OCH3 is 2. The van der Waals surface area contributed by atoms with E-state index in [1.807, 2.05) is 59.3 Å². The highest BCUT2D eigenvalue weighted by atomic mass is 16.5. The molecule has 0 radical (unpaired) electrons. The van der Waals surface area contributed by atoms with Crippen LogP contribution in [0.3, 0.4) is 0 Å². The molecule has 164 valence electrons. The quantitative estimate of drug-likeness (QED) is 0.491. The Balaban J connectivity index is 1.62. The van der Waals surface area contributed by atoms with E-state index in [1.165, 1.54) is 0 Å². The highest BCUT2D eigenvalue weighted by molar-refractivity contribution is 5.85. The number of nitrogens with zero attached hydrogens (tertiary/aromatic N) is 3. The van der Waals surface area contributed by atoms with E-state index >= 15 is 0 Å². The van der Waals surface area contributed by atoms with Gasteiger partial charge in [-0.1, -0.05) is 48.5 Å². The predicted octanol–water partition coefficient (Wildman–Crippen LogP) is 4.86. The van der Waals surface area contributed by atoms with E-state index in [0.717, 1.165) is 33.7 Å². The van der Waals surface area contributed by atoms with Crippen molar-refractivity contribution < 1.29 is 14.2 Å². The lowest BCUT2D eigenvalue weighted by Crippen LogP contribution is -2.32. The van der Waals surface area contributed by atoms with Gasteiger partial charge in [0.05, 0.1) is 19.9 Å². The molecule has 33 heavy (non-hydrogen) atoms. The Labute approximate surface area is 191 Å². The second kappa shape index (κ2) is 7.70. The first-order valence-corrected chi connectivity index (χ1v) is 10.7. The normalized spacial score (nSPS) is 18.4. The van der Waals surface area contributed by atoms with Gasteiger partial charge in [-0.25, -0.2) is 4.68 Å². The van der Waals surface area contributed by atoms with Crippen molar-refractivity contribution in [1.82, 2.24) is 14.8 Å². The molecule has 7 heteroatoms. The van der Waals surface area contributed by atoms with Crippen molar-refractivity contribution in [2.45, 2.75) is 12.1 Å². The summed E-state index contributed by atoms with van der Waals surface area (Å²) in [6.07, 6.45) is 1.26. The van der Waals surface area contributed by atoms with Gasteiger partial charge in [-0.15, -0.1) is 0 Å². The molecule has 1 aromatic heterocycles. The highest BCUT2D eigenvalue weighted by Crippen LogP contribution is 2.51. The molecular formula is C26H22N4O3. The topological polar surface area (TPSA) is 70.4 Å². The molecule has 4 aromatic rings. The number of ether oxygens (including phenoxy) is 3. The molecule has 0 aliphatic carbocycles. The zero-order valence-electron chi connectivity index (χ0n) is 18.2. The van der Waals surface area contributed by atoms with Crippen molar-refractivity contribution >= 4 is 11.6 Å². The summed E-state index contributed by atoms with van der Waals surface area (Å²) in [6, 6.07) is 24.0. The monoisotopic (exact) mass is 438 g/mol. The van der Waals surface area contributed by atoms with Crippen LogP contribution in [0.25, 0.3) is 5.70 Å². The summed E-state index contributed by atoms with van der Waals surface area (Å²) >= 11 is 0. The summed E-state index contributed by atoms with van der Waals surface area (Å²) in [5.41, 5.74) is 5.11. The summed E-state index contributed by atoms with van der Waals surface area (Å²) in [7, 11) is 3.28. The highest BCUT2D eigenvalue weighted by Gasteiger charge is 2.41. The van der Waals surface area contributed by atoms with E-state index in [-0.39, 0.29) is 12.1 Å². The van der Waals surface area contributed by atoms with Crippen LogP contribution in [0.2, 0.25) is 0 Å². The first-order chi connectivity index (χ1) is 16.3. The lowest BCUT2D eigenvalue weighted by molar-refractivity contribution is 0.223. The first kappa shape index (κ1) is 19.4. The third-order valence-electron chi connectivity index (χ3n) is 6.15. The van der Waals surface area contributed by atoms with Gasteiger partial charge in [-0.3, -0.25) is 0 Å². The molecule has 3 aromatic carbocycles. The summed E-state index contributed by atoms with van der Waals surface area (Å²) in [4.78, 5) is 4.48. The van der Waals surface area contributed by atoms with Gasteiger partial charge in [0.2, 0.25) is 5.95 Å². The molecule has 0 saturated heterocycles. The summed E-state index contributed by atoms with van der Waals surface area (Å²) in [5.74, 6) is 2.84. The fraction of sp³-hybridized carbons (Fsp3) is 0.154. The number of hydrogen-bond acceptors (Lipinski definition) is 6. The summed E-state index contributed by atoms with van der Waals surface area (Å²) < 4.78 is 19.6. The largest absolute Gasteiger partial charge is 0.493 e. The van der Waals surface area contributed by atoms with Crippen LogP contribution < -0.4 is 19.5 Å². The number of hydrogen-bond donors (Lipinski definition) is 1. The molecule has 0 amide bonds. The van der Waals surface area contributed by atoms with Crippen molar-refractivity contribution in [3.63, 3.8) is 0 Å². The molecule has 2 atom stereocenters. The molecule has 1 N–H and O–H groups in total. The number of nitrogens with one attached hydrogen (secondary N) is 1. The maximum Gasteiger partial charge on any atom is 0.226 e. The lowest BCUT2D eigenvalue weighted by Gasteiger charge is -2.39. The van der Waals surface area contributed by atoms with Gasteiger partial charge >= 0.3 is 0 Å². The second-order valence-corrected chi connectivity index (χ2v) is 7.91. The van der Waals surface area contributed by atoms with Gasteiger partial charge in [-0.2, -0.15) is 10.1 Å². The van der Waals surface area contributed by atoms with Crippen molar-refractivity contribution in [3.05, 3.63) is 101 Å². The number of rotatable bonds is 4. The standard InChI is InChI=1S/C26H22N4O3/c1-31-20-13-12-17(14-21(20)32-2)24-22-23(29-26-27-15-28-30(24)26)18-10-6-7-11-19(18)33-25(22)16-8-4-3-5-9-16/h3-15,24-25H,1-2H3,(H,27,28,29)/t24-,25+/m1/s1. The van der Waals surface area contributed by atoms with Gasteiger partial charge in [-0.05, 0) is 35.4 Å². The maximum absolute atomic E-state index is 6.62. The molecule has 6 rings (SSSR count). The van der Waals surface area contributed by atoms with Crippen molar-refractivity contribution in [2.24, 2.45) is 0 Å². The van der Waals surface area contributed by atoms with Crippen LogP contribution in [0.4, 0.5) is 5.95 Å². The average molecular weight is 438 g/mol. The van der Waals surface area contributed by atoms with Crippen molar-refractivity contribution in [2.75, 3.05) is 19.5 Å². The molecule has 2 aliphatic rings. The van der Waals surface area contributed by atoms with Crippen LogP contribution >= 0.6 is 0 Å². The minimum absolute atomic E-state index is 0.253. The van der Waals surface area contributed by atoms with Crippen LogP contribution in [0.1, 0.15) is 28.8 Å². The Morgan fingerprint density at radius 3 is 2.48 bits per heavy atom. The molecule has 0 saturated carbocycles. The van der Waals surface area contributed by atoms with E-state index in [9.17, 15) is 0 Å². The van der Waals surface area contributed by atoms with Crippen LogP contribution in [-0.2, 0) is 0 Å². The Morgan fingerprint density at radius 1 is 0.879 bits per heavy atom. The minimum atomic E-state index is -0.306. The smallest absolute Gasteiger partial charge is 0.226 e. The number of fused-ring (bicyclic) bond motifs is 3. The Kier molecular flexibility index (Phi) is 4.54. The number of anilines is 1. The molecule has 0 fully saturated rings. The van der Waals surface area contributed by atoms with Gasteiger partial charge in [0.25, 0.3) is 0 Å². The van der Waals surface area contributed by atoms with E-state index in [0.29, 0.717) is 17.4 Å². The van der Waals surface area contributed by atoms with E-state index in [2.05, 4.69) is 33.6 Å². The fourth-order valence-corrected chi connectivity index (χ4v) is 4.66. The molecular weight excluding hydrogens is 416 g/mol. The fourth-order valence-electron chi connectivity index (χ4n) is 4.66. The first-order valence-electron chi connectivity index (χ1n) is 10.7. The number of para-hydroxylation sites is 1. The Morgan fingerprint density at radius 2 is 1.67 bits per heavy atom. The summed E-state index contributed by atoms with van der Waals surface area (Å²) in [6.45, 7) is 0. The van der Waals surface area contributed by atoms with Crippen LogP contribution in [-0.4, -0.2) is 29.0 Å². The molecule has 3 heterocycles. The van der Waals surface area contributed by atoms with E-state index in [1.54, 1.807) is 20.5 Å². The molecule has 2 aliphatic heterocycles. The van der Waals surface area contributed by atoms with Gasteiger partial charge in [0.15, 0.2) is 11.5 Å². The van der Waals surface area contributed by atoms with Gasteiger partial charge < -0.3 is 19.5 Å². The summed E-state index contributed by atoms with van der Waals surface area (Å²) in [5, 5.41) is 8.09. The van der Waals surface area contributed by atoms with Gasteiger partial charge in [0, 0.05) is 11.1 Å². The third-order valence-corrected chi connectivity index (χ3v) is 6.15. The number of aromatic nitrogens is 3. The third kappa shape index (κ3) is 3.04. The Hall–Kier alpha value is -4.26. The number of benzene rings is 3. The molecule has 0 unspecified atom stereocenters. The van der Waals surface area contributed by atoms with Crippen molar-refractivity contribution in [1.29, 1.82) is 0 Å². The van der Waals surface area contributed by atoms with E-state index in [4.69, 9.17) is 14.2 Å². The van der Waals surface area contributed by atoms with E-state index < -0.39 is 0 Å². The molecule has 0 bridgehead atoms. The zero-order chi connectivity index (χ0) is 22.4. The van der Waals surface area contributed by atoms with Gasteiger partial charge in [0.1, 0.15) is 24.2 Å². The predicted molar refractivity (Wildman–Crippen MR) is 125 cm³/mol.